The Morgan fingerprint density at radius 3 is 2.26 bits per heavy atom. The first-order valence-electron chi connectivity index (χ1n) is 8.74. The SMILES string of the molecule is O=S(=O)(c1cccc(-c2nnc(-c3ccc(Br)cc3)o2)c1)N1CCCCC1. The van der Waals surface area contributed by atoms with Gasteiger partial charge in [0.25, 0.3) is 0 Å². The van der Waals surface area contributed by atoms with E-state index in [1.807, 2.05) is 24.3 Å². The second-order valence-corrected chi connectivity index (χ2v) is 9.27. The zero-order valence-electron chi connectivity index (χ0n) is 14.5. The van der Waals surface area contributed by atoms with Gasteiger partial charge in [-0.05, 0) is 55.3 Å². The van der Waals surface area contributed by atoms with Crippen LogP contribution in [0.2, 0.25) is 0 Å². The molecule has 0 unspecified atom stereocenters. The van der Waals surface area contributed by atoms with Crippen LogP contribution in [0.5, 0.6) is 0 Å². The molecule has 1 aromatic heterocycles. The normalized spacial score (nSPS) is 15.7. The van der Waals surface area contributed by atoms with E-state index >= 15 is 0 Å². The molecule has 27 heavy (non-hydrogen) atoms. The van der Waals surface area contributed by atoms with Crippen molar-refractivity contribution < 1.29 is 12.8 Å². The number of halogens is 1. The fraction of sp³-hybridized carbons (Fsp3) is 0.263. The second kappa shape index (κ2) is 7.53. The van der Waals surface area contributed by atoms with Crippen LogP contribution in [0.3, 0.4) is 0 Å². The first-order chi connectivity index (χ1) is 13.0. The molecular weight excluding hydrogens is 430 g/mol. The van der Waals surface area contributed by atoms with E-state index in [1.165, 1.54) is 0 Å². The number of sulfonamides is 1. The lowest BCUT2D eigenvalue weighted by atomic mass is 10.2. The van der Waals surface area contributed by atoms with Crippen molar-refractivity contribution in [1.82, 2.24) is 14.5 Å². The van der Waals surface area contributed by atoms with Crippen LogP contribution in [0.4, 0.5) is 0 Å². The van der Waals surface area contributed by atoms with Crippen LogP contribution in [0.1, 0.15) is 19.3 Å². The summed E-state index contributed by atoms with van der Waals surface area (Å²) in [6.45, 7) is 1.14. The van der Waals surface area contributed by atoms with Gasteiger partial charge in [-0.3, -0.25) is 0 Å². The molecule has 3 aromatic rings. The van der Waals surface area contributed by atoms with E-state index < -0.39 is 10.0 Å². The van der Waals surface area contributed by atoms with Crippen molar-refractivity contribution in [3.63, 3.8) is 0 Å². The van der Waals surface area contributed by atoms with Gasteiger partial charge < -0.3 is 4.42 Å². The lowest BCUT2D eigenvalue weighted by Gasteiger charge is -2.25. The largest absolute Gasteiger partial charge is 0.416 e. The topological polar surface area (TPSA) is 76.3 Å². The number of nitrogens with zero attached hydrogens (tertiary/aromatic N) is 3. The van der Waals surface area contributed by atoms with Crippen molar-refractivity contribution >= 4 is 26.0 Å². The summed E-state index contributed by atoms with van der Waals surface area (Å²) in [5, 5.41) is 8.17. The maximum absolute atomic E-state index is 12.9. The van der Waals surface area contributed by atoms with E-state index in [1.54, 1.807) is 28.6 Å². The van der Waals surface area contributed by atoms with Crippen LogP contribution >= 0.6 is 15.9 Å². The summed E-state index contributed by atoms with van der Waals surface area (Å²) in [5.41, 5.74) is 1.39. The predicted molar refractivity (Wildman–Crippen MR) is 105 cm³/mol. The number of benzene rings is 2. The van der Waals surface area contributed by atoms with Gasteiger partial charge in [0.15, 0.2) is 0 Å². The maximum atomic E-state index is 12.9. The van der Waals surface area contributed by atoms with Crippen LogP contribution in [-0.4, -0.2) is 36.0 Å². The van der Waals surface area contributed by atoms with E-state index in [4.69, 9.17) is 4.42 Å². The molecule has 140 valence electrons. The number of hydrogen-bond acceptors (Lipinski definition) is 5. The van der Waals surface area contributed by atoms with E-state index in [-0.39, 0.29) is 4.90 Å². The molecule has 0 bridgehead atoms. The maximum Gasteiger partial charge on any atom is 0.248 e. The minimum absolute atomic E-state index is 0.255. The number of aromatic nitrogens is 2. The Balaban J connectivity index is 1.64. The molecule has 6 nitrogen and oxygen atoms in total. The summed E-state index contributed by atoms with van der Waals surface area (Å²) < 4.78 is 34.0. The van der Waals surface area contributed by atoms with Crippen molar-refractivity contribution in [1.29, 1.82) is 0 Å². The molecule has 1 saturated heterocycles. The molecule has 0 amide bonds. The van der Waals surface area contributed by atoms with Gasteiger partial charge in [-0.25, -0.2) is 8.42 Å². The number of piperidine rings is 1. The molecular formula is C19H18BrN3O3S. The lowest BCUT2D eigenvalue weighted by Crippen LogP contribution is -2.35. The van der Waals surface area contributed by atoms with Gasteiger partial charge >= 0.3 is 0 Å². The Morgan fingerprint density at radius 1 is 0.889 bits per heavy atom. The van der Waals surface area contributed by atoms with Crippen LogP contribution in [0.15, 0.2) is 62.3 Å². The summed E-state index contributed by atoms with van der Waals surface area (Å²) >= 11 is 3.39. The van der Waals surface area contributed by atoms with Crippen LogP contribution in [-0.2, 0) is 10.0 Å². The van der Waals surface area contributed by atoms with Crippen LogP contribution in [0, 0.1) is 0 Å². The van der Waals surface area contributed by atoms with E-state index in [2.05, 4.69) is 26.1 Å². The van der Waals surface area contributed by atoms with Crippen molar-refractivity contribution in [3.05, 3.63) is 53.0 Å². The molecule has 8 heteroatoms. The summed E-state index contributed by atoms with van der Waals surface area (Å²) in [5.74, 6) is 0.686. The average molecular weight is 448 g/mol. The molecule has 1 fully saturated rings. The molecule has 0 atom stereocenters. The fourth-order valence-electron chi connectivity index (χ4n) is 3.09. The Hall–Kier alpha value is -2.03. The Labute approximate surface area is 166 Å². The molecule has 0 aliphatic carbocycles. The third-order valence-electron chi connectivity index (χ3n) is 4.55. The highest BCUT2D eigenvalue weighted by Gasteiger charge is 2.26. The van der Waals surface area contributed by atoms with E-state index in [0.717, 1.165) is 29.3 Å². The van der Waals surface area contributed by atoms with E-state index in [0.29, 0.717) is 30.4 Å². The van der Waals surface area contributed by atoms with Crippen LogP contribution < -0.4 is 0 Å². The Morgan fingerprint density at radius 2 is 1.56 bits per heavy atom. The zero-order chi connectivity index (χ0) is 18.9. The monoisotopic (exact) mass is 447 g/mol. The van der Waals surface area contributed by atoms with E-state index in [9.17, 15) is 8.42 Å². The van der Waals surface area contributed by atoms with Gasteiger partial charge in [-0.15, -0.1) is 10.2 Å². The van der Waals surface area contributed by atoms with Crippen molar-refractivity contribution in [3.8, 4) is 22.9 Å². The minimum atomic E-state index is -3.50. The summed E-state index contributed by atoms with van der Waals surface area (Å²) in [6, 6.07) is 14.2. The second-order valence-electron chi connectivity index (χ2n) is 6.41. The standard InChI is InChI=1S/C19H18BrN3O3S/c20-16-9-7-14(8-10-16)18-21-22-19(26-18)15-5-4-6-17(13-15)27(24,25)23-11-2-1-3-12-23/h4-10,13H,1-3,11-12H2. The molecule has 4 rings (SSSR count). The van der Waals surface area contributed by atoms with Crippen molar-refractivity contribution in [2.24, 2.45) is 0 Å². The highest BCUT2D eigenvalue weighted by atomic mass is 79.9. The van der Waals surface area contributed by atoms with Gasteiger partial charge in [0.05, 0.1) is 4.90 Å². The molecule has 0 spiro atoms. The molecule has 0 saturated carbocycles. The highest BCUT2D eigenvalue weighted by Crippen LogP contribution is 2.28. The predicted octanol–water partition coefficient (Wildman–Crippen LogP) is 4.34. The molecule has 1 aliphatic heterocycles. The summed E-state index contributed by atoms with van der Waals surface area (Å²) in [4.78, 5) is 0.255. The van der Waals surface area contributed by atoms with Crippen molar-refractivity contribution in [2.75, 3.05) is 13.1 Å². The van der Waals surface area contributed by atoms with Crippen molar-refractivity contribution in [2.45, 2.75) is 24.2 Å². The molecule has 2 aromatic carbocycles. The van der Waals surface area contributed by atoms with Gasteiger partial charge in [0.2, 0.25) is 21.8 Å². The zero-order valence-corrected chi connectivity index (χ0v) is 16.9. The lowest BCUT2D eigenvalue weighted by molar-refractivity contribution is 0.346. The molecule has 2 heterocycles. The van der Waals surface area contributed by atoms with Gasteiger partial charge in [0, 0.05) is 28.7 Å². The number of hydrogen-bond donors (Lipinski definition) is 0. The number of rotatable bonds is 4. The molecule has 1 aliphatic rings. The quantitative estimate of drug-likeness (QED) is 0.594. The van der Waals surface area contributed by atoms with Gasteiger partial charge in [0.1, 0.15) is 0 Å². The average Bonchev–Trinajstić information content (AvgIpc) is 3.20. The summed E-state index contributed by atoms with van der Waals surface area (Å²) in [6.07, 6.45) is 2.88. The molecule has 0 N–H and O–H groups in total. The molecule has 0 radical (unpaired) electrons. The minimum Gasteiger partial charge on any atom is -0.416 e. The van der Waals surface area contributed by atoms with Gasteiger partial charge in [-0.1, -0.05) is 28.4 Å². The van der Waals surface area contributed by atoms with Gasteiger partial charge in [-0.2, -0.15) is 4.31 Å². The first-order valence-corrected chi connectivity index (χ1v) is 11.0. The Bertz CT molecular complexity index is 1040. The third-order valence-corrected chi connectivity index (χ3v) is 6.97. The Kier molecular flexibility index (Phi) is 5.12. The smallest absolute Gasteiger partial charge is 0.248 e. The summed E-state index contributed by atoms with van der Waals surface area (Å²) in [7, 11) is -3.50. The fourth-order valence-corrected chi connectivity index (χ4v) is 4.92. The first kappa shape index (κ1) is 18.3. The highest BCUT2D eigenvalue weighted by molar-refractivity contribution is 9.10. The van der Waals surface area contributed by atoms with Crippen LogP contribution in [0.25, 0.3) is 22.9 Å². The third kappa shape index (κ3) is 3.83.